The lowest BCUT2D eigenvalue weighted by atomic mass is 9.96. The van der Waals surface area contributed by atoms with Crippen LogP contribution >= 0.6 is 0 Å². The predicted octanol–water partition coefficient (Wildman–Crippen LogP) is -0.910. The summed E-state index contributed by atoms with van der Waals surface area (Å²) in [7, 11) is -0.460. The van der Waals surface area contributed by atoms with Gasteiger partial charge in [-0.25, -0.2) is 18.2 Å². The number of piperidine rings is 1. The van der Waals surface area contributed by atoms with Gasteiger partial charge in [0.2, 0.25) is 15.9 Å². The van der Waals surface area contributed by atoms with Gasteiger partial charge in [-0.15, -0.1) is 0 Å². The van der Waals surface area contributed by atoms with E-state index in [0.717, 1.165) is 23.7 Å². The molecule has 0 spiro atoms. The second-order valence-corrected chi connectivity index (χ2v) is 10.1. The van der Waals surface area contributed by atoms with Crippen LogP contribution in [0.25, 0.3) is 11.2 Å². The molecule has 0 saturated carbocycles. The fraction of sp³-hybridized carbons (Fsp3) is 0.667. The van der Waals surface area contributed by atoms with E-state index >= 15 is 0 Å². The summed E-state index contributed by atoms with van der Waals surface area (Å²) in [5.74, 6) is 0.261. The minimum atomic E-state index is -3.44. The molecule has 4 rings (SSSR count). The fourth-order valence-corrected chi connectivity index (χ4v) is 5.65. The molecule has 0 aromatic carbocycles. The maximum absolute atomic E-state index is 13.1. The van der Waals surface area contributed by atoms with E-state index in [9.17, 15) is 22.8 Å². The summed E-state index contributed by atoms with van der Waals surface area (Å²) in [5.41, 5.74) is -0.337. The lowest BCUT2D eigenvalue weighted by molar-refractivity contribution is -0.135. The summed E-state index contributed by atoms with van der Waals surface area (Å²) in [5, 5.41) is 0. The first-order valence-corrected chi connectivity index (χ1v) is 11.9. The highest BCUT2D eigenvalue weighted by atomic mass is 32.2. The van der Waals surface area contributed by atoms with Crippen LogP contribution in [-0.2, 0) is 28.9 Å². The average Bonchev–Trinajstić information content (AvgIpc) is 3.37. The van der Waals surface area contributed by atoms with Crippen molar-refractivity contribution in [3.63, 3.8) is 0 Å². The van der Waals surface area contributed by atoms with Gasteiger partial charge in [-0.3, -0.25) is 18.7 Å². The fourth-order valence-electron chi connectivity index (χ4n) is 4.53. The first-order valence-electron chi connectivity index (χ1n) is 10.0. The number of imidazole rings is 1. The second kappa shape index (κ2) is 7.34. The molecule has 0 bridgehead atoms. The van der Waals surface area contributed by atoms with Gasteiger partial charge >= 0.3 is 5.69 Å². The number of nitrogens with one attached hydrogen (secondary N) is 1. The Balaban J connectivity index is 1.61. The van der Waals surface area contributed by atoms with Crippen molar-refractivity contribution in [3.05, 3.63) is 26.7 Å². The smallest absolute Gasteiger partial charge is 0.332 e. The molecule has 2 aliphatic heterocycles. The molecular weight excluding hydrogens is 412 g/mol. The van der Waals surface area contributed by atoms with Gasteiger partial charge in [-0.1, -0.05) is 0 Å². The number of hydrogen-bond donors (Lipinski definition) is 1. The quantitative estimate of drug-likeness (QED) is 0.660. The molecular formula is C18H26N6O5S. The molecule has 1 N–H and O–H groups in total. The zero-order valence-electron chi connectivity index (χ0n) is 17.3. The van der Waals surface area contributed by atoms with Gasteiger partial charge in [0, 0.05) is 39.6 Å². The third-order valence-corrected chi connectivity index (χ3v) is 7.44. The number of aryl methyl sites for hydroxylation is 1. The molecule has 2 unspecified atom stereocenters. The number of rotatable bonds is 3. The van der Waals surface area contributed by atoms with Gasteiger partial charge in [0.05, 0.1) is 6.26 Å². The summed E-state index contributed by atoms with van der Waals surface area (Å²) in [6, 6.07) is -0.650. The standard InChI is InChI=1S/C18H26N6O5S/c1-21-15-13(17(26)22(2)18(21)27)19-14(20-15)11-6-4-8-23(10-11)16(25)12-7-5-9-24(12)30(3,28)29/h11-12H,4-10H2,1-3H3,(H,19,20). The van der Waals surface area contributed by atoms with Crippen LogP contribution in [0.4, 0.5) is 0 Å². The molecule has 2 aromatic rings. The highest BCUT2D eigenvalue weighted by Gasteiger charge is 2.40. The third kappa shape index (κ3) is 3.37. The van der Waals surface area contributed by atoms with Crippen molar-refractivity contribution < 1.29 is 13.2 Å². The molecule has 4 heterocycles. The van der Waals surface area contributed by atoms with E-state index < -0.39 is 27.3 Å². The van der Waals surface area contributed by atoms with E-state index in [0.29, 0.717) is 43.9 Å². The van der Waals surface area contributed by atoms with Gasteiger partial charge in [0.1, 0.15) is 17.4 Å². The van der Waals surface area contributed by atoms with Crippen LogP contribution in [0.3, 0.4) is 0 Å². The molecule has 12 heteroatoms. The summed E-state index contributed by atoms with van der Waals surface area (Å²) in [4.78, 5) is 46.9. The van der Waals surface area contributed by atoms with Gasteiger partial charge in [-0.05, 0) is 25.7 Å². The lowest BCUT2D eigenvalue weighted by Gasteiger charge is -2.35. The van der Waals surface area contributed by atoms with Crippen molar-refractivity contribution in [2.24, 2.45) is 14.1 Å². The summed E-state index contributed by atoms with van der Waals surface area (Å²) >= 11 is 0. The van der Waals surface area contributed by atoms with E-state index in [1.54, 1.807) is 11.9 Å². The summed E-state index contributed by atoms with van der Waals surface area (Å²) in [6.07, 6.45) is 3.85. The van der Waals surface area contributed by atoms with Crippen molar-refractivity contribution >= 4 is 27.1 Å². The van der Waals surface area contributed by atoms with Crippen LogP contribution in [0.1, 0.15) is 37.4 Å². The van der Waals surface area contributed by atoms with Crippen molar-refractivity contribution in [2.45, 2.75) is 37.6 Å². The van der Waals surface area contributed by atoms with Crippen molar-refractivity contribution in [1.29, 1.82) is 0 Å². The van der Waals surface area contributed by atoms with E-state index in [2.05, 4.69) is 9.97 Å². The Hall–Kier alpha value is -2.47. The number of hydrogen-bond acceptors (Lipinski definition) is 6. The number of carbonyl (C=O) groups excluding carboxylic acids is 1. The SMILES string of the molecule is Cn1c(=O)c2[nH]c(C3CCCN(C(=O)C4CCCN4S(C)(=O)=O)C3)nc2n(C)c1=O. The molecule has 2 saturated heterocycles. The van der Waals surface area contributed by atoms with Crippen LogP contribution in [-0.4, -0.2) is 74.6 Å². The zero-order valence-corrected chi connectivity index (χ0v) is 18.1. The Kier molecular flexibility index (Phi) is 5.09. The summed E-state index contributed by atoms with van der Waals surface area (Å²) in [6.45, 7) is 1.32. The molecule has 30 heavy (non-hydrogen) atoms. The largest absolute Gasteiger partial charge is 0.341 e. The van der Waals surface area contributed by atoms with Crippen molar-refractivity contribution in [2.75, 3.05) is 25.9 Å². The predicted molar refractivity (Wildman–Crippen MR) is 110 cm³/mol. The number of H-pyrrole nitrogens is 1. The normalized spacial score (nSPS) is 23.4. The Bertz CT molecular complexity index is 1230. The Morgan fingerprint density at radius 3 is 2.50 bits per heavy atom. The highest BCUT2D eigenvalue weighted by molar-refractivity contribution is 7.88. The van der Waals surface area contributed by atoms with Crippen LogP contribution in [0.15, 0.2) is 9.59 Å². The van der Waals surface area contributed by atoms with E-state index in [-0.39, 0.29) is 17.3 Å². The first kappa shape index (κ1) is 20.8. The Morgan fingerprint density at radius 1 is 1.10 bits per heavy atom. The molecule has 11 nitrogen and oxygen atoms in total. The van der Waals surface area contributed by atoms with E-state index in [1.165, 1.54) is 15.9 Å². The number of carbonyl (C=O) groups is 1. The van der Waals surface area contributed by atoms with Gasteiger partial charge in [0.25, 0.3) is 5.56 Å². The van der Waals surface area contributed by atoms with Crippen molar-refractivity contribution in [3.8, 4) is 0 Å². The number of aromatic nitrogens is 4. The number of sulfonamides is 1. The van der Waals surface area contributed by atoms with Crippen LogP contribution < -0.4 is 11.2 Å². The minimum absolute atomic E-state index is 0.122. The van der Waals surface area contributed by atoms with Crippen molar-refractivity contribution in [1.82, 2.24) is 28.3 Å². The maximum Gasteiger partial charge on any atom is 0.332 e. The van der Waals surface area contributed by atoms with Gasteiger partial charge in [0.15, 0.2) is 5.65 Å². The maximum atomic E-state index is 13.1. The van der Waals surface area contributed by atoms with Crippen LogP contribution in [0.5, 0.6) is 0 Å². The Morgan fingerprint density at radius 2 is 1.80 bits per heavy atom. The first-order chi connectivity index (χ1) is 14.1. The second-order valence-electron chi connectivity index (χ2n) is 8.18. The average molecular weight is 439 g/mol. The topological polar surface area (TPSA) is 130 Å². The molecule has 2 atom stereocenters. The summed E-state index contributed by atoms with van der Waals surface area (Å²) < 4.78 is 27.7. The lowest BCUT2D eigenvalue weighted by Crippen LogP contribution is -2.50. The number of likely N-dealkylation sites (tertiary alicyclic amines) is 1. The highest BCUT2D eigenvalue weighted by Crippen LogP contribution is 2.29. The molecule has 1 amide bonds. The Labute approximate surface area is 173 Å². The van der Waals surface area contributed by atoms with Gasteiger partial charge < -0.3 is 9.88 Å². The van der Waals surface area contributed by atoms with E-state index in [4.69, 9.17) is 0 Å². The minimum Gasteiger partial charge on any atom is -0.341 e. The molecule has 2 aromatic heterocycles. The molecule has 2 fully saturated rings. The molecule has 0 radical (unpaired) electrons. The number of aromatic amines is 1. The van der Waals surface area contributed by atoms with E-state index in [1.807, 2.05) is 0 Å². The number of amides is 1. The number of nitrogens with zero attached hydrogens (tertiary/aromatic N) is 5. The van der Waals surface area contributed by atoms with Crippen LogP contribution in [0.2, 0.25) is 0 Å². The zero-order chi connectivity index (χ0) is 21.8. The van der Waals surface area contributed by atoms with Gasteiger partial charge in [-0.2, -0.15) is 4.31 Å². The molecule has 0 aliphatic carbocycles. The molecule has 2 aliphatic rings. The molecule has 164 valence electrons. The monoisotopic (exact) mass is 438 g/mol. The van der Waals surface area contributed by atoms with Crippen LogP contribution in [0, 0.1) is 0 Å². The number of fused-ring (bicyclic) bond motifs is 1. The third-order valence-electron chi connectivity index (χ3n) is 6.15.